The Kier molecular flexibility index (Phi) is 3.94. The van der Waals surface area contributed by atoms with E-state index in [1.165, 1.54) is 0 Å². The second-order valence-corrected chi connectivity index (χ2v) is 4.40. The third kappa shape index (κ3) is 4.18. The Morgan fingerprint density at radius 3 is 2.40 bits per heavy atom. The highest BCUT2D eigenvalue weighted by Gasteiger charge is 2.37. The molecule has 1 unspecified atom stereocenters. The van der Waals surface area contributed by atoms with Crippen LogP contribution >= 0.6 is 0 Å². The van der Waals surface area contributed by atoms with Crippen molar-refractivity contribution in [3.63, 3.8) is 0 Å². The molecule has 15 heavy (non-hydrogen) atoms. The molecule has 0 radical (unpaired) electrons. The molecule has 1 rings (SSSR count). The Hall–Kier alpha value is -1.26. The zero-order valence-electron chi connectivity index (χ0n) is 9.12. The fraction of sp³-hybridized carbons (Fsp3) is 0.800. The van der Waals surface area contributed by atoms with Crippen LogP contribution in [0.1, 0.15) is 26.7 Å². The van der Waals surface area contributed by atoms with Crippen LogP contribution in [-0.4, -0.2) is 29.7 Å². The van der Waals surface area contributed by atoms with Crippen LogP contribution < -0.4 is 10.6 Å². The SMILES string of the molecule is CC(C)CNC(=O)NC(C(=O)O)C1CC1. The van der Waals surface area contributed by atoms with E-state index in [0.717, 1.165) is 12.8 Å². The van der Waals surface area contributed by atoms with Gasteiger partial charge in [0.05, 0.1) is 0 Å². The van der Waals surface area contributed by atoms with Gasteiger partial charge in [0.1, 0.15) is 6.04 Å². The molecule has 5 heteroatoms. The van der Waals surface area contributed by atoms with Gasteiger partial charge in [-0.05, 0) is 24.7 Å². The molecule has 86 valence electrons. The fourth-order valence-electron chi connectivity index (χ4n) is 1.30. The van der Waals surface area contributed by atoms with Crippen molar-refractivity contribution in [3.05, 3.63) is 0 Å². The largest absolute Gasteiger partial charge is 0.480 e. The second-order valence-electron chi connectivity index (χ2n) is 4.40. The number of carboxylic acids is 1. The smallest absolute Gasteiger partial charge is 0.326 e. The summed E-state index contributed by atoms with van der Waals surface area (Å²) in [4.78, 5) is 22.1. The Labute approximate surface area is 89.2 Å². The predicted molar refractivity (Wildman–Crippen MR) is 55.5 cm³/mol. The van der Waals surface area contributed by atoms with E-state index in [2.05, 4.69) is 10.6 Å². The number of aliphatic carboxylic acids is 1. The van der Waals surface area contributed by atoms with Gasteiger partial charge in [0, 0.05) is 6.54 Å². The van der Waals surface area contributed by atoms with Gasteiger partial charge in [-0.2, -0.15) is 0 Å². The molecule has 5 nitrogen and oxygen atoms in total. The number of nitrogens with one attached hydrogen (secondary N) is 2. The minimum atomic E-state index is -0.947. The normalized spacial score (nSPS) is 17.3. The van der Waals surface area contributed by atoms with E-state index in [4.69, 9.17) is 5.11 Å². The first-order chi connectivity index (χ1) is 7.00. The number of rotatable bonds is 5. The quantitative estimate of drug-likeness (QED) is 0.633. The van der Waals surface area contributed by atoms with Crippen LogP contribution in [-0.2, 0) is 4.79 Å². The van der Waals surface area contributed by atoms with Gasteiger partial charge in [0.2, 0.25) is 0 Å². The Morgan fingerprint density at radius 1 is 1.40 bits per heavy atom. The Balaban J connectivity index is 2.31. The van der Waals surface area contributed by atoms with Crippen LogP contribution in [0.4, 0.5) is 4.79 Å². The highest BCUT2D eigenvalue weighted by atomic mass is 16.4. The highest BCUT2D eigenvalue weighted by Crippen LogP contribution is 2.32. The third-order valence-corrected chi connectivity index (χ3v) is 2.32. The van der Waals surface area contributed by atoms with Crippen LogP contribution in [0, 0.1) is 11.8 Å². The van der Waals surface area contributed by atoms with Crippen molar-refractivity contribution in [1.29, 1.82) is 0 Å². The molecule has 2 amide bonds. The van der Waals surface area contributed by atoms with Gasteiger partial charge in [-0.25, -0.2) is 9.59 Å². The average molecular weight is 214 g/mol. The minimum absolute atomic E-state index is 0.118. The molecule has 0 aromatic heterocycles. The molecule has 0 aromatic rings. The van der Waals surface area contributed by atoms with Crippen molar-refractivity contribution < 1.29 is 14.7 Å². The first-order valence-electron chi connectivity index (χ1n) is 5.28. The number of hydrogen-bond donors (Lipinski definition) is 3. The number of urea groups is 1. The first-order valence-corrected chi connectivity index (χ1v) is 5.28. The van der Waals surface area contributed by atoms with E-state index in [1.54, 1.807) is 0 Å². The maximum atomic E-state index is 11.3. The summed E-state index contributed by atoms with van der Waals surface area (Å²) in [5.41, 5.74) is 0. The second kappa shape index (κ2) is 5.00. The third-order valence-electron chi connectivity index (χ3n) is 2.32. The summed E-state index contributed by atoms with van der Waals surface area (Å²) in [6, 6.07) is -1.11. The van der Waals surface area contributed by atoms with E-state index in [9.17, 15) is 9.59 Å². The van der Waals surface area contributed by atoms with Gasteiger partial charge in [0.15, 0.2) is 0 Å². The number of carboxylic acid groups (broad SMARTS) is 1. The van der Waals surface area contributed by atoms with Crippen molar-refractivity contribution in [2.45, 2.75) is 32.7 Å². The van der Waals surface area contributed by atoms with Crippen LogP contribution in [0.5, 0.6) is 0 Å². The molecule has 0 bridgehead atoms. The minimum Gasteiger partial charge on any atom is -0.480 e. The lowest BCUT2D eigenvalue weighted by molar-refractivity contribution is -0.139. The Bertz CT molecular complexity index is 249. The van der Waals surface area contributed by atoms with Crippen LogP contribution in [0.25, 0.3) is 0 Å². The highest BCUT2D eigenvalue weighted by molar-refractivity contribution is 5.83. The molecule has 0 heterocycles. The summed E-state index contributed by atoms with van der Waals surface area (Å²) < 4.78 is 0. The average Bonchev–Trinajstić information content (AvgIpc) is 2.93. The molecule has 0 aliphatic heterocycles. The van der Waals surface area contributed by atoms with Crippen molar-refractivity contribution >= 4 is 12.0 Å². The summed E-state index contributed by atoms with van der Waals surface area (Å²) in [7, 11) is 0. The van der Waals surface area contributed by atoms with Crippen LogP contribution in [0.15, 0.2) is 0 Å². The Morgan fingerprint density at radius 2 is 2.00 bits per heavy atom. The molecule has 0 spiro atoms. The van der Waals surface area contributed by atoms with Gasteiger partial charge in [-0.3, -0.25) is 0 Å². The summed E-state index contributed by atoms with van der Waals surface area (Å²) in [6.45, 7) is 4.52. The number of hydrogen-bond acceptors (Lipinski definition) is 2. The van der Waals surface area contributed by atoms with Gasteiger partial charge < -0.3 is 15.7 Å². The topological polar surface area (TPSA) is 78.4 Å². The van der Waals surface area contributed by atoms with Gasteiger partial charge >= 0.3 is 12.0 Å². The monoisotopic (exact) mass is 214 g/mol. The van der Waals surface area contributed by atoms with E-state index in [-0.39, 0.29) is 11.9 Å². The van der Waals surface area contributed by atoms with Crippen LogP contribution in [0.2, 0.25) is 0 Å². The maximum Gasteiger partial charge on any atom is 0.326 e. The van der Waals surface area contributed by atoms with Crippen molar-refractivity contribution in [1.82, 2.24) is 10.6 Å². The summed E-state index contributed by atoms with van der Waals surface area (Å²) >= 11 is 0. The molecule has 0 saturated heterocycles. The predicted octanol–water partition coefficient (Wildman–Crippen LogP) is 0.805. The standard InChI is InChI=1S/C10H18N2O3/c1-6(2)5-11-10(15)12-8(9(13)14)7-3-4-7/h6-8H,3-5H2,1-2H3,(H,13,14)(H2,11,12,15). The molecular weight excluding hydrogens is 196 g/mol. The molecule has 1 aliphatic carbocycles. The molecule has 0 aromatic carbocycles. The van der Waals surface area contributed by atoms with Crippen molar-refractivity contribution in [3.8, 4) is 0 Å². The summed E-state index contributed by atoms with van der Waals surface area (Å²) in [5.74, 6) is -0.468. The van der Waals surface area contributed by atoms with E-state index in [0.29, 0.717) is 12.5 Å². The van der Waals surface area contributed by atoms with E-state index < -0.39 is 12.0 Å². The number of amides is 2. The molecular formula is C10H18N2O3. The first kappa shape index (κ1) is 11.8. The lowest BCUT2D eigenvalue weighted by Crippen LogP contribution is -2.47. The molecule has 1 fully saturated rings. The summed E-state index contributed by atoms with van der Waals surface area (Å²) in [5, 5.41) is 14.0. The molecule has 1 aliphatic rings. The fourth-order valence-corrected chi connectivity index (χ4v) is 1.30. The zero-order chi connectivity index (χ0) is 11.4. The number of carbonyl (C=O) groups excluding carboxylic acids is 1. The maximum absolute atomic E-state index is 11.3. The zero-order valence-corrected chi connectivity index (χ0v) is 9.12. The number of carbonyl (C=O) groups is 2. The van der Waals surface area contributed by atoms with Gasteiger partial charge in [-0.15, -0.1) is 0 Å². The van der Waals surface area contributed by atoms with Crippen molar-refractivity contribution in [2.24, 2.45) is 11.8 Å². The molecule has 1 saturated carbocycles. The lowest BCUT2D eigenvalue weighted by atomic mass is 10.2. The lowest BCUT2D eigenvalue weighted by Gasteiger charge is -2.15. The van der Waals surface area contributed by atoms with Crippen molar-refractivity contribution in [2.75, 3.05) is 6.54 Å². The molecule has 3 N–H and O–H groups in total. The van der Waals surface area contributed by atoms with Gasteiger partial charge in [0.25, 0.3) is 0 Å². The molecule has 1 atom stereocenters. The summed E-state index contributed by atoms with van der Waals surface area (Å²) in [6.07, 6.45) is 1.78. The van der Waals surface area contributed by atoms with Gasteiger partial charge in [-0.1, -0.05) is 13.8 Å². The van der Waals surface area contributed by atoms with E-state index >= 15 is 0 Å². The van der Waals surface area contributed by atoms with Crippen LogP contribution in [0.3, 0.4) is 0 Å². The van der Waals surface area contributed by atoms with E-state index in [1.807, 2.05) is 13.8 Å².